The Morgan fingerprint density at radius 3 is 2.03 bits per heavy atom. The van der Waals surface area contributed by atoms with Crippen molar-refractivity contribution in [2.24, 2.45) is 5.92 Å². The third-order valence-corrected chi connectivity index (χ3v) is 5.26. The van der Waals surface area contributed by atoms with E-state index in [0.717, 1.165) is 6.42 Å². The summed E-state index contributed by atoms with van der Waals surface area (Å²) >= 11 is 0. The Balaban J connectivity index is 1.58. The summed E-state index contributed by atoms with van der Waals surface area (Å²) in [5.41, 5.74) is 1.71. The molecular weight excluding hydrogens is 370 g/mol. The highest BCUT2D eigenvalue weighted by Crippen LogP contribution is 2.26. The number of amides is 1. The van der Waals surface area contributed by atoms with Crippen molar-refractivity contribution in [2.75, 3.05) is 27.3 Å². The Hall–Kier alpha value is -3.02. The molecule has 0 aliphatic carbocycles. The number of nitrogens with zero attached hydrogens (tertiary/aromatic N) is 1. The number of benzene rings is 2. The van der Waals surface area contributed by atoms with E-state index in [1.807, 2.05) is 24.3 Å². The summed E-state index contributed by atoms with van der Waals surface area (Å²) in [6, 6.07) is 12.7. The number of carbonyl (C=O) groups excluding carboxylic acids is 2. The lowest BCUT2D eigenvalue weighted by atomic mass is 9.96. The maximum absolute atomic E-state index is 12.9. The number of methoxy groups -OCH3 is 2. The van der Waals surface area contributed by atoms with Crippen LogP contribution in [0.1, 0.15) is 35.7 Å². The number of esters is 1. The van der Waals surface area contributed by atoms with Gasteiger partial charge in [0.15, 0.2) is 0 Å². The molecule has 0 saturated carbocycles. The van der Waals surface area contributed by atoms with Crippen molar-refractivity contribution in [2.45, 2.75) is 26.2 Å². The average molecular weight is 397 g/mol. The van der Waals surface area contributed by atoms with Gasteiger partial charge in [-0.25, -0.2) is 0 Å². The van der Waals surface area contributed by atoms with Crippen molar-refractivity contribution >= 4 is 11.9 Å². The minimum absolute atomic E-state index is 0.0934. The molecule has 6 heteroatoms. The van der Waals surface area contributed by atoms with Gasteiger partial charge in [-0.3, -0.25) is 9.59 Å². The smallest absolute Gasteiger partial charge is 0.314 e. The minimum Gasteiger partial charge on any atom is -0.497 e. The summed E-state index contributed by atoms with van der Waals surface area (Å²) in [5, 5.41) is 0. The first kappa shape index (κ1) is 20.7. The van der Waals surface area contributed by atoms with E-state index >= 15 is 0 Å². The molecule has 1 saturated heterocycles. The number of hydrogen-bond acceptors (Lipinski definition) is 5. The van der Waals surface area contributed by atoms with E-state index in [0.29, 0.717) is 48.7 Å². The molecule has 2 aromatic carbocycles. The number of ether oxygens (including phenoxy) is 3. The largest absolute Gasteiger partial charge is 0.497 e. The highest BCUT2D eigenvalue weighted by molar-refractivity contribution is 5.95. The van der Waals surface area contributed by atoms with Crippen LogP contribution in [0.5, 0.6) is 17.2 Å². The first-order chi connectivity index (χ1) is 14.0. The monoisotopic (exact) mass is 397 g/mol. The predicted octanol–water partition coefficient (Wildman–Crippen LogP) is 3.72. The topological polar surface area (TPSA) is 65.1 Å². The molecule has 0 radical (unpaired) electrons. The van der Waals surface area contributed by atoms with Crippen LogP contribution in [0.4, 0.5) is 0 Å². The minimum atomic E-state index is -0.232. The maximum atomic E-state index is 12.9. The van der Waals surface area contributed by atoms with Gasteiger partial charge in [0.1, 0.15) is 17.2 Å². The molecule has 29 heavy (non-hydrogen) atoms. The molecule has 0 N–H and O–H groups in total. The van der Waals surface area contributed by atoms with Gasteiger partial charge in [-0.1, -0.05) is 19.1 Å². The van der Waals surface area contributed by atoms with Crippen LogP contribution >= 0.6 is 0 Å². The second-order valence-electron chi connectivity index (χ2n) is 7.09. The Labute approximate surface area is 171 Å². The van der Waals surface area contributed by atoms with Crippen LogP contribution in [0, 0.1) is 5.92 Å². The Morgan fingerprint density at radius 1 is 0.931 bits per heavy atom. The van der Waals surface area contributed by atoms with Crippen LogP contribution < -0.4 is 14.2 Å². The quantitative estimate of drug-likeness (QED) is 0.549. The number of hydrogen-bond donors (Lipinski definition) is 0. The average Bonchev–Trinajstić information content (AvgIpc) is 2.78. The third-order valence-electron chi connectivity index (χ3n) is 5.26. The highest BCUT2D eigenvalue weighted by Gasteiger charge is 2.29. The van der Waals surface area contributed by atoms with E-state index in [4.69, 9.17) is 14.2 Å². The van der Waals surface area contributed by atoms with Crippen LogP contribution in [0.3, 0.4) is 0 Å². The van der Waals surface area contributed by atoms with Crippen LogP contribution in [0.2, 0.25) is 0 Å². The lowest BCUT2D eigenvalue weighted by Gasteiger charge is -2.31. The standard InChI is InChI=1S/C23H27NO5/c1-4-16-5-7-19(8-6-16)29-23(26)17-9-11-24(12-10-17)22(25)18-13-20(27-2)15-21(14-18)28-3/h5-8,13-15,17H,4,9-12H2,1-3H3. The van der Waals surface area contributed by atoms with Gasteiger partial charge in [-0.15, -0.1) is 0 Å². The second kappa shape index (κ2) is 9.45. The molecule has 0 unspecified atom stereocenters. The number of piperidine rings is 1. The van der Waals surface area contributed by atoms with E-state index in [2.05, 4.69) is 6.92 Å². The second-order valence-corrected chi connectivity index (χ2v) is 7.09. The molecule has 6 nitrogen and oxygen atoms in total. The molecule has 1 heterocycles. The third kappa shape index (κ3) is 5.08. The van der Waals surface area contributed by atoms with E-state index in [-0.39, 0.29) is 17.8 Å². The number of likely N-dealkylation sites (tertiary alicyclic amines) is 1. The SMILES string of the molecule is CCc1ccc(OC(=O)C2CCN(C(=O)c3cc(OC)cc(OC)c3)CC2)cc1. The fourth-order valence-corrected chi connectivity index (χ4v) is 3.42. The van der Waals surface area contributed by atoms with Gasteiger partial charge >= 0.3 is 5.97 Å². The number of carbonyl (C=O) groups is 2. The predicted molar refractivity (Wildman–Crippen MR) is 110 cm³/mol. The fraction of sp³-hybridized carbons (Fsp3) is 0.391. The van der Waals surface area contributed by atoms with Crippen molar-refractivity contribution in [1.82, 2.24) is 4.90 Å². The molecule has 1 aliphatic rings. The van der Waals surface area contributed by atoms with Crippen molar-refractivity contribution < 1.29 is 23.8 Å². The molecule has 1 amide bonds. The molecule has 154 valence electrons. The number of aryl methyl sites for hydroxylation is 1. The lowest BCUT2D eigenvalue weighted by molar-refractivity contribution is -0.140. The number of rotatable bonds is 6. The van der Waals surface area contributed by atoms with Gasteiger partial charge < -0.3 is 19.1 Å². The van der Waals surface area contributed by atoms with Crippen molar-refractivity contribution in [3.8, 4) is 17.2 Å². The molecule has 0 bridgehead atoms. The zero-order valence-electron chi connectivity index (χ0n) is 17.1. The van der Waals surface area contributed by atoms with Crippen molar-refractivity contribution in [3.05, 3.63) is 53.6 Å². The van der Waals surface area contributed by atoms with E-state index in [1.165, 1.54) is 5.56 Å². The van der Waals surface area contributed by atoms with Gasteiger partial charge in [0, 0.05) is 24.7 Å². The summed E-state index contributed by atoms with van der Waals surface area (Å²) in [5.74, 6) is 1.17. The molecule has 1 aliphatic heterocycles. The van der Waals surface area contributed by atoms with Gasteiger partial charge in [0.2, 0.25) is 0 Å². The fourth-order valence-electron chi connectivity index (χ4n) is 3.42. The Bertz CT molecular complexity index is 832. The Kier molecular flexibility index (Phi) is 6.75. The summed E-state index contributed by atoms with van der Waals surface area (Å²) in [6.45, 7) is 3.09. The maximum Gasteiger partial charge on any atom is 0.314 e. The van der Waals surface area contributed by atoms with Crippen LogP contribution in [-0.2, 0) is 11.2 Å². The van der Waals surface area contributed by atoms with E-state index in [1.54, 1.807) is 37.3 Å². The zero-order valence-corrected chi connectivity index (χ0v) is 17.1. The Morgan fingerprint density at radius 2 is 1.52 bits per heavy atom. The van der Waals surface area contributed by atoms with Crippen LogP contribution in [0.25, 0.3) is 0 Å². The first-order valence-electron chi connectivity index (χ1n) is 9.87. The normalized spacial score (nSPS) is 14.4. The summed E-state index contributed by atoms with van der Waals surface area (Å²) in [7, 11) is 3.10. The lowest BCUT2D eigenvalue weighted by Crippen LogP contribution is -2.41. The summed E-state index contributed by atoms with van der Waals surface area (Å²) in [4.78, 5) is 27.1. The van der Waals surface area contributed by atoms with E-state index in [9.17, 15) is 9.59 Å². The van der Waals surface area contributed by atoms with Crippen LogP contribution in [0.15, 0.2) is 42.5 Å². The molecule has 2 aromatic rings. The zero-order chi connectivity index (χ0) is 20.8. The molecule has 0 aromatic heterocycles. The van der Waals surface area contributed by atoms with Gasteiger partial charge in [-0.05, 0) is 49.1 Å². The molecule has 1 fully saturated rings. The highest BCUT2D eigenvalue weighted by atomic mass is 16.5. The van der Waals surface area contributed by atoms with Crippen molar-refractivity contribution in [3.63, 3.8) is 0 Å². The summed E-state index contributed by atoms with van der Waals surface area (Å²) in [6.07, 6.45) is 2.11. The first-order valence-corrected chi connectivity index (χ1v) is 9.87. The van der Waals surface area contributed by atoms with Gasteiger partial charge in [0.25, 0.3) is 5.91 Å². The molecular formula is C23H27NO5. The van der Waals surface area contributed by atoms with E-state index < -0.39 is 0 Å². The molecule has 3 rings (SSSR count). The molecule has 0 spiro atoms. The molecule has 0 atom stereocenters. The van der Waals surface area contributed by atoms with Crippen molar-refractivity contribution in [1.29, 1.82) is 0 Å². The van der Waals surface area contributed by atoms with Gasteiger partial charge in [0.05, 0.1) is 20.1 Å². The van der Waals surface area contributed by atoms with Gasteiger partial charge in [-0.2, -0.15) is 0 Å². The van der Waals surface area contributed by atoms with Crippen LogP contribution in [-0.4, -0.2) is 44.1 Å². The summed E-state index contributed by atoms with van der Waals surface area (Å²) < 4.78 is 16.0.